The number of hydrogen-bond donors (Lipinski definition) is 0. The lowest BCUT2D eigenvalue weighted by Gasteiger charge is -2.17. The molecular weight excluding hydrogens is 350 g/mol. The maximum absolute atomic E-state index is 12.2. The molecule has 1 aromatic carbocycles. The molecule has 1 fully saturated rings. The molecule has 0 radical (unpaired) electrons. The molecule has 1 aromatic heterocycles. The third-order valence-electron chi connectivity index (χ3n) is 3.64. The Kier molecular flexibility index (Phi) is 5.15. The fraction of sp³-hybridized carbons (Fsp3) is 0.375. The van der Waals surface area contributed by atoms with E-state index in [9.17, 15) is 14.4 Å². The van der Waals surface area contributed by atoms with Crippen molar-refractivity contribution in [3.8, 4) is 0 Å². The summed E-state index contributed by atoms with van der Waals surface area (Å²) in [4.78, 5) is 39.8. The highest BCUT2D eigenvalue weighted by Gasteiger charge is 2.43. The Morgan fingerprint density at radius 2 is 2.25 bits per heavy atom. The van der Waals surface area contributed by atoms with Crippen molar-refractivity contribution in [1.82, 2.24) is 4.98 Å². The summed E-state index contributed by atoms with van der Waals surface area (Å²) >= 11 is 2.91. The first-order chi connectivity index (χ1) is 11.6. The normalized spacial score (nSPS) is 18.6. The molecule has 1 aliphatic rings. The molecule has 2 unspecified atom stereocenters. The number of carbonyl (C=O) groups is 3. The van der Waals surface area contributed by atoms with E-state index in [2.05, 4.69) is 9.72 Å². The lowest BCUT2D eigenvalue weighted by atomic mass is 9.92. The zero-order valence-corrected chi connectivity index (χ0v) is 14.5. The minimum atomic E-state index is -0.779. The number of nitrogens with zero attached hydrogens (tertiary/aromatic N) is 1. The van der Waals surface area contributed by atoms with Crippen molar-refractivity contribution < 1.29 is 23.9 Å². The van der Waals surface area contributed by atoms with Gasteiger partial charge in [-0.2, -0.15) is 0 Å². The number of fused-ring (bicyclic) bond motifs is 1. The molecule has 0 saturated carbocycles. The Morgan fingerprint density at radius 3 is 2.92 bits per heavy atom. The average Bonchev–Trinajstić information content (AvgIpc) is 3.10. The summed E-state index contributed by atoms with van der Waals surface area (Å²) in [5, 5.41) is 0. The number of para-hydroxylation sites is 1. The van der Waals surface area contributed by atoms with Gasteiger partial charge in [0.2, 0.25) is 0 Å². The van der Waals surface area contributed by atoms with E-state index in [0.717, 1.165) is 14.6 Å². The highest BCUT2D eigenvalue weighted by molar-refractivity contribution is 8.01. The van der Waals surface area contributed by atoms with Gasteiger partial charge in [0, 0.05) is 5.75 Å². The van der Waals surface area contributed by atoms with Gasteiger partial charge in [0.05, 0.1) is 35.1 Å². The average molecular weight is 365 g/mol. The van der Waals surface area contributed by atoms with E-state index in [-0.39, 0.29) is 13.0 Å². The van der Waals surface area contributed by atoms with E-state index in [4.69, 9.17) is 4.74 Å². The third-order valence-corrected chi connectivity index (χ3v) is 5.94. The SMILES string of the molecule is CCOC(=O)C(CSc1nc2ccccc2s1)C1CC(=O)OC1=O. The van der Waals surface area contributed by atoms with E-state index in [1.807, 2.05) is 24.3 Å². The molecule has 126 valence electrons. The van der Waals surface area contributed by atoms with Crippen LogP contribution in [0.25, 0.3) is 10.2 Å². The maximum atomic E-state index is 12.2. The molecule has 8 heteroatoms. The Balaban J connectivity index is 1.74. The van der Waals surface area contributed by atoms with Crippen LogP contribution in [0.2, 0.25) is 0 Å². The molecule has 3 rings (SSSR count). The molecule has 6 nitrogen and oxygen atoms in total. The summed E-state index contributed by atoms with van der Waals surface area (Å²) in [7, 11) is 0. The van der Waals surface area contributed by atoms with Gasteiger partial charge in [0.25, 0.3) is 0 Å². The molecule has 0 spiro atoms. The molecule has 0 amide bonds. The molecule has 0 aliphatic carbocycles. The van der Waals surface area contributed by atoms with Gasteiger partial charge in [-0.1, -0.05) is 23.9 Å². The second kappa shape index (κ2) is 7.31. The van der Waals surface area contributed by atoms with Gasteiger partial charge in [0.1, 0.15) is 0 Å². The summed E-state index contributed by atoms with van der Waals surface area (Å²) < 4.78 is 11.5. The summed E-state index contributed by atoms with van der Waals surface area (Å²) in [6, 6.07) is 7.76. The lowest BCUT2D eigenvalue weighted by Crippen LogP contribution is -2.30. The van der Waals surface area contributed by atoms with Gasteiger partial charge in [-0.15, -0.1) is 11.3 Å². The molecule has 2 heterocycles. The van der Waals surface area contributed by atoms with E-state index < -0.39 is 29.7 Å². The van der Waals surface area contributed by atoms with E-state index in [1.165, 1.54) is 23.1 Å². The Morgan fingerprint density at radius 1 is 1.46 bits per heavy atom. The first kappa shape index (κ1) is 16.9. The van der Waals surface area contributed by atoms with Crippen LogP contribution >= 0.6 is 23.1 Å². The zero-order chi connectivity index (χ0) is 17.1. The highest BCUT2D eigenvalue weighted by Crippen LogP contribution is 2.34. The standard InChI is InChI=1S/C16H15NO5S2/c1-2-21-14(19)10(9-7-13(18)22-15(9)20)8-23-16-17-11-5-3-4-6-12(11)24-16/h3-6,9-10H,2,7-8H2,1H3. The van der Waals surface area contributed by atoms with Crippen LogP contribution < -0.4 is 0 Å². The predicted molar refractivity (Wildman–Crippen MR) is 89.7 cm³/mol. The van der Waals surface area contributed by atoms with Crippen LogP contribution in [-0.4, -0.2) is 35.3 Å². The van der Waals surface area contributed by atoms with Crippen LogP contribution in [0.3, 0.4) is 0 Å². The number of hydrogen-bond acceptors (Lipinski definition) is 8. The van der Waals surface area contributed by atoms with Gasteiger partial charge < -0.3 is 9.47 Å². The maximum Gasteiger partial charge on any atom is 0.318 e. The lowest BCUT2D eigenvalue weighted by molar-refractivity contribution is -0.157. The molecule has 1 aliphatic heterocycles. The number of carbonyl (C=O) groups excluding carboxylic acids is 3. The minimum Gasteiger partial charge on any atom is -0.466 e. The van der Waals surface area contributed by atoms with Gasteiger partial charge in [-0.25, -0.2) is 4.98 Å². The molecular formula is C16H15NO5S2. The Hall–Kier alpha value is -1.93. The van der Waals surface area contributed by atoms with Gasteiger partial charge >= 0.3 is 17.9 Å². The van der Waals surface area contributed by atoms with Gasteiger partial charge in [0.15, 0.2) is 4.34 Å². The monoisotopic (exact) mass is 365 g/mol. The van der Waals surface area contributed by atoms with Crippen molar-refractivity contribution in [2.45, 2.75) is 17.7 Å². The molecule has 2 aromatic rings. The molecule has 2 atom stereocenters. The van der Waals surface area contributed by atoms with Crippen LogP contribution in [0.1, 0.15) is 13.3 Å². The van der Waals surface area contributed by atoms with Crippen molar-refractivity contribution in [2.24, 2.45) is 11.8 Å². The van der Waals surface area contributed by atoms with Crippen molar-refractivity contribution in [1.29, 1.82) is 0 Å². The summed E-state index contributed by atoms with van der Waals surface area (Å²) in [5.41, 5.74) is 0.896. The van der Waals surface area contributed by atoms with Gasteiger partial charge in [-0.3, -0.25) is 14.4 Å². The van der Waals surface area contributed by atoms with Crippen LogP contribution in [0.5, 0.6) is 0 Å². The van der Waals surface area contributed by atoms with Crippen molar-refractivity contribution in [3.63, 3.8) is 0 Å². The summed E-state index contributed by atoms with van der Waals surface area (Å²) in [6.45, 7) is 1.92. The fourth-order valence-electron chi connectivity index (χ4n) is 2.47. The van der Waals surface area contributed by atoms with Crippen LogP contribution in [0, 0.1) is 11.8 Å². The number of thioether (sulfide) groups is 1. The molecule has 24 heavy (non-hydrogen) atoms. The first-order valence-electron chi connectivity index (χ1n) is 7.48. The van der Waals surface area contributed by atoms with Crippen LogP contribution in [0.15, 0.2) is 28.6 Å². The number of aromatic nitrogens is 1. The second-order valence-corrected chi connectivity index (χ2v) is 7.52. The second-order valence-electron chi connectivity index (χ2n) is 5.22. The van der Waals surface area contributed by atoms with Crippen LogP contribution in [-0.2, 0) is 23.9 Å². The molecule has 0 bridgehead atoms. The summed E-state index contributed by atoms with van der Waals surface area (Å²) in [6.07, 6.45) is -0.0806. The Labute approximate surface area is 146 Å². The van der Waals surface area contributed by atoms with E-state index >= 15 is 0 Å². The highest BCUT2D eigenvalue weighted by atomic mass is 32.2. The van der Waals surface area contributed by atoms with E-state index in [0.29, 0.717) is 5.75 Å². The summed E-state index contributed by atoms with van der Waals surface area (Å²) in [5.74, 6) is -2.92. The van der Waals surface area contributed by atoms with Crippen LogP contribution in [0.4, 0.5) is 0 Å². The Bertz CT molecular complexity index is 755. The number of ether oxygens (including phenoxy) is 2. The number of thiazole rings is 1. The fourth-order valence-corrected chi connectivity index (χ4v) is 4.73. The molecule has 1 saturated heterocycles. The number of cyclic esters (lactones) is 2. The van der Waals surface area contributed by atoms with Crippen molar-refractivity contribution in [3.05, 3.63) is 24.3 Å². The molecule has 0 N–H and O–H groups in total. The number of benzene rings is 1. The minimum absolute atomic E-state index is 0.0806. The smallest absolute Gasteiger partial charge is 0.318 e. The van der Waals surface area contributed by atoms with Crippen molar-refractivity contribution >= 4 is 51.2 Å². The van der Waals surface area contributed by atoms with E-state index in [1.54, 1.807) is 6.92 Å². The number of rotatable bonds is 6. The third kappa shape index (κ3) is 3.59. The predicted octanol–water partition coefficient (Wildman–Crippen LogP) is 2.66. The topological polar surface area (TPSA) is 82.6 Å². The van der Waals surface area contributed by atoms with Crippen molar-refractivity contribution in [2.75, 3.05) is 12.4 Å². The quantitative estimate of drug-likeness (QED) is 0.442. The zero-order valence-electron chi connectivity index (χ0n) is 12.9. The number of esters is 3. The largest absolute Gasteiger partial charge is 0.466 e. The first-order valence-corrected chi connectivity index (χ1v) is 9.28. The van der Waals surface area contributed by atoms with Gasteiger partial charge in [-0.05, 0) is 19.1 Å².